The number of carbonyl (C=O) groups is 1. The molecule has 2 heterocycles. The molecule has 0 bridgehead atoms. The minimum atomic E-state index is -0.162. The molecule has 1 N–H and O–H groups in total. The molecule has 1 fully saturated rings. The fourth-order valence-corrected chi connectivity index (χ4v) is 4.98. The van der Waals surface area contributed by atoms with Gasteiger partial charge in [-0.3, -0.25) is 9.79 Å². The molecule has 2 aromatic carbocycles. The van der Waals surface area contributed by atoms with Crippen LogP contribution < -0.4 is 14.9 Å². The van der Waals surface area contributed by atoms with Gasteiger partial charge in [0.15, 0.2) is 6.61 Å². The molecule has 7 nitrogen and oxygen atoms in total. The normalized spacial score (nSPS) is 16.8. The molecule has 1 saturated carbocycles. The highest BCUT2D eigenvalue weighted by Crippen LogP contribution is 2.33. The first-order valence-electron chi connectivity index (χ1n) is 11.1. The SMILES string of the molecule is N#Cc1ccc(C=Nn2c(-c3ccc4c(c3)NC(=O)CO4)csc2=NC2CCCCC2)cc1. The van der Waals surface area contributed by atoms with Crippen LogP contribution in [0.3, 0.4) is 0 Å². The highest BCUT2D eigenvalue weighted by atomic mass is 32.1. The van der Waals surface area contributed by atoms with Crippen molar-refractivity contribution < 1.29 is 9.53 Å². The quantitative estimate of drug-likeness (QED) is 0.583. The lowest BCUT2D eigenvalue weighted by atomic mass is 9.96. The molecule has 0 unspecified atom stereocenters. The van der Waals surface area contributed by atoms with Crippen LogP contribution in [0.5, 0.6) is 5.75 Å². The molecule has 1 amide bonds. The monoisotopic (exact) mass is 457 g/mol. The molecule has 166 valence electrons. The summed E-state index contributed by atoms with van der Waals surface area (Å²) in [6.45, 7) is 0.0318. The summed E-state index contributed by atoms with van der Waals surface area (Å²) in [5.41, 5.74) is 3.97. The largest absolute Gasteiger partial charge is 0.482 e. The number of thiazole rings is 1. The van der Waals surface area contributed by atoms with Crippen LogP contribution in [0.4, 0.5) is 5.69 Å². The summed E-state index contributed by atoms with van der Waals surface area (Å²) in [6.07, 6.45) is 7.70. The van der Waals surface area contributed by atoms with Gasteiger partial charge in [-0.25, -0.2) is 4.68 Å². The third-order valence-electron chi connectivity index (χ3n) is 5.82. The number of amides is 1. The third-order valence-corrected chi connectivity index (χ3v) is 6.65. The van der Waals surface area contributed by atoms with Crippen molar-refractivity contribution in [3.8, 4) is 23.1 Å². The van der Waals surface area contributed by atoms with Gasteiger partial charge in [0, 0.05) is 10.9 Å². The minimum absolute atomic E-state index is 0.0318. The lowest BCUT2D eigenvalue weighted by molar-refractivity contribution is -0.118. The van der Waals surface area contributed by atoms with Crippen molar-refractivity contribution in [3.63, 3.8) is 0 Å². The first kappa shape index (κ1) is 21.2. The molecule has 0 radical (unpaired) electrons. The van der Waals surface area contributed by atoms with Crippen LogP contribution in [-0.2, 0) is 4.79 Å². The van der Waals surface area contributed by atoms with Gasteiger partial charge in [0.05, 0.1) is 35.3 Å². The number of nitrogens with zero attached hydrogens (tertiary/aromatic N) is 4. The number of ether oxygens (including phenoxy) is 1. The number of hydrogen-bond donors (Lipinski definition) is 1. The molecule has 3 aromatic rings. The fraction of sp³-hybridized carbons (Fsp3) is 0.280. The number of carbonyl (C=O) groups excluding carboxylic acids is 1. The first-order valence-corrected chi connectivity index (χ1v) is 11.9. The molecule has 2 aliphatic rings. The van der Waals surface area contributed by atoms with E-state index in [9.17, 15) is 4.79 Å². The van der Waals surface area contributed by atoms with E-state index in [1.54, 1.807) is 29.7 Å². The highest BCUT2D eigenvalue weighted by molar-refractivity contribution is 7.07. The van der Waals surface area contributed by atoms with E-state index in [-0.39, 0.29) is 12.5 Å². The molecule has 0 atom stereocenters. The zero-order valence-electron chi connectivity index (χ0n) is 18.0. The Morgan fingerprint density at radius 1 is 1.15 bits per heavy atom. The predicted molar refractivity (Wildman–Crippen MR) is 128 cm³/mol. The minimum Gasteiger partial charge on any atom is -0.482 e. The number of anilines is 1. The van der Waals surface area contributed by atoms with Gasteiger partial charge in [-0.2, -0.15) is 10.4 Å². The van der Waals surface area contributed by atoms with Gasteiger partial charge in [0.2, 0.25) is 4.80 Å². The van der Waals surface area contributed by atoms with Gasteiger partial charge in [-0.1, -0.05) is 31.4 Å². The van der Waals surface area contributed by atoms with Crippen molar-refractivity contribution in [1.82, 2.24) is 4.68 Å². The van der Waals surface area contributed by atoms with E-state index in [1.165, 1.54) is 19.3 Å². The summed E-state index contributed by atoms with van der Waals surface area (Å²) < 4.78 is 7.37. The van der Waals surface area contributed by atoms with Crippen LogP contribution in [0.1, 0.15) is 43.2 Å². The van der Waals surface area contributed by atoms with Crippen molar-refractivity contribution in [2.24, 2.45) is 10.1 Å². The maximum Gasteiger partial charge on any atom is 0.262 e. The van der Waals surface area contributed by atoms with Crippen LogP contribution in [0, 0.1) is 11.3 Å². The number of aromatic nitrogens is 1. The van der Waals surface area contributed by atoms with Crippen molar-refractivity contribution in [2.45, 2.75) is 38.1 Å². The second-order valence-electron chi connectivity index (χ2n) is 8.16. The molecule has 0 spiro atoms. The van der Waals surface area contributed by atoms with Gasteiger partial charge in [0.25, 0.3) is 5.91 Å². The van der Waals surface area contributed by atoms with Crippen LogP contribution in [0.25, 0.3) is 11.3 Å². The van der Waals surface area contributed by atoms with Crippen molar-refractivity contribution >= 4 is 29.1 Å². The van der Waals surface area contributed by atoms with E-state index >= 15 is 0 Å². The molecule has 33 heavy (non-hydrogen) atoms. The van der Waals surface area contributed by atoms with E-state index in [0.29, 0.717) is 23.0 Å². The van der Waals surface area contributed by atoms with Crippen molar-refractivity contribution in [2.75, 3.05) is 11.9 Å². The standard InChI is InChI=1S/C25H23N5O2S/c26-13-17-6-8-18(9-7-17)14-27-30-22(16-33-25(30)28-20-4-2-1-3-5-20)19-10-11-23-21(12-19)29-24(31)15-32-23/h6-12,14,16,20H,1-5,15H2,(H,29,31). The van der Waals surface area contributed by atoms with Crippen LogP contribution in [0.2, 0.25) is 0 Å². The zero-order chi connectivity index (χ0) is 22.6. The molecular formula is C25H23N5O2S. The molecule has 1 aliphatic carbocycles. The van der Waals surface area contributed by atoms with Gasteiger partial charge >= 0.3 is 0 Å². The molecule has 8 heteroatoms. The lowest BCUT2D eigenvalue weighted by Gasteiger charge is -2.18. The Labute approximate surface area is 195 Å². The number of nitrogens with one attached hydrogen (secondary N) is 1. The molecular weight excluding hydrogens is 434 g/mol. The molecule has 1 aromatic heterocycles. The van der Waals surface area contributed by atoms with Gasteiger partial charge in [-0.05, 0) is 48.7 Å². The predicted octanol–water partition coefficient (Wildman–Crippen LogP) is 4.53. The summed E-state index contributed by atoms with van der Waals surface area (Å²) in [5.74, 6) is 0.498. The maximum absolute atomic E-state index is 11.8. The van der Waals surface area contributed by atoms with Crippen molar-refractivity contribution in [1.29, 1.82) is 5.26 Å². The van der Waals surface area contributed by atoms with E-state index in [0.717, 1.165) is 34.5 Å². The van der Waals surface area contributed by atoms with E-state index in [2.05, 4.69) is 11.4 Å². The van der Waals surface area contributed by atoms with E-state index in [4.69, 9.17) is 20.1 Å². The topological polar surface area (TPSA) is 91.8 Å². The maximum atomic E-state index is 11.8. The summed E-state index contributed by atoms with van der Waals surface area (Å²) in [5, 5.41) is 18.7. The van der Waals surface area contributed by atoms with Gasteiger partial charge < -0.3 is 10.1 Å². The van der Waals surface area contributed by atoms with Gasteiger partial charge in [-0.15, -0.1) is 11.3 Å². The Hall–Kier alpha value is -3.70. The summed E-state index contributed by atoms with van der Waals surface area (Å²) >= 11 is 1.56. The van der Waals surface area contributed by atoms with Crippen LogP contribution >= 0.6 is 11.3 Å². The smallest absolute Gasteiger partial charge is 0.262 e. The molecule has 5 rings (SSSR count). The number of hydrogen-bond acceptors (Lipinski definition) is 6. The lowest BCUT2D eigenvalue weighted by Crippen LogP contribution is -2.25. The number of rotatable bonds is 4. The summed E-state index contributed by atoms with van der Waals surface area (Å²) in [4.78, 5) is 17.7. The summed E-state index contributed by atoms with van der Waals surface area (Å²) in [7, 11) is 0. The fourth-order valence-electron chi connectivity index (χ4n) is 4.08. The average molecular weight is 458 g/mol. The molecule has 0 saturated heterocycles. The van der Waals surface area contributed by atoms with Crippen molar-refractivity contribution in [3.05, 3.63) is 63.8 Å². The zero-order valence-corrected chi connectivity index (χ0v) is 18.8. The Morgan fingerprint density at radius 3 is 2.76 bits per heavy atom. The first-order chi connectivity index (χ1) is 16.2. The Kier molecular flexibility index (Phi) is 6.05. The number of nitriles is 1. The average Bonchev–Trinajstić information content (AvgIpc) is 3.25. The number of benzene rings is 2. The van der Waals surface area contributed by atoms with Crippen LogP contribution in [0.15, 0.2) is 57.9 Å². The Bertz CT molecular complexity index is 1310. The summed E-state index contributed by atoms with van der Waals surface area (Å²) in [6, 6.07) is 15.5. The Balaban J connectivity index is 1.55. The van der Waals surface area contributed by atoms with E-state index in [1.807, 2.05) is 40.4 Å². The third kappa shape index (κ3) is 4.73. The van der Waals surface area contributed by atoms with Crippen LogP contribution in [-0.4, -0.2) is 29.4 Å². The Morgan fingerprint density at radius 2 is 1.97 bits per heavy atom. The number of fused-ring (bicyclic) bond motifs is 1. The molecule has 1 aliphatic heterocycles. The highest BCUT2D eigenvalue weighted by Gasteiger charge is 2.18. The van der Waals surface area contributed by atoms with E-state index < -0.39 is 0 Å². The second-order valence-corrected chi connectivity index (χ2v) is 9.00. The second kappa shape index (κ2) is 9.43. The van der Waals surface area contributed by atoms with Gasteiger partial charge in [0.1, 0.15) is 5.75 Å².